The molecule has 9 nitrogen and oxygen atoms in total. The monoisotopic (exact) mass is 515 g/mol. The Balaban J connectivity index is 1.71. The molecule has 1 saturated carbocycles. The van der Waals surface area contributed by atoms with Crippen molar-refractivity contribution in [1.82, 2.24) is 16.0 Å². The molecule has 2 aliphatic rings. The van der Waals surface area contributed by atoms with E-state index in [0.29, 0.717) is 19.4 Å². The first-order valence-electron chi connectivity index (χ1n) is 13.5. The number of esters is 1. The van der Waals surface area contributed by atoms with Crippen LogP contribution in [0.15, 0.2) is 30.3 Å². The summed E-state index contributed by atoms with van der Waals surface area (Å²) in [6, 6.07) is 7.65. The van der Waals surface area contributed by atoms with Gasteiger partial charge in [0.05, 0.1) is 7.11 Å². The van der Waals surface area contributed by atoms with Crippen molar-refractivity contribution in [1.29, 1.82) is 0 Å². The molecule has 204 valence electrons. The highest BCUT2D eigenvalue weighted by Crippen LogP contribution is 2.29. The number of rotatable bonds is 11. The molecular formula is C28H41N3O6. The van der Waals surface area contributed by atoms with Crippen molar-refractivity contribution in [2.45, 2.75) is 83.4 Å². The summed E-state index contributed by atoms with van der Waals surface area (Å²) in [6.45, 7) is 4.48. The van der Waals surface area contributed by atoms with Gasteiger partial charge >= 0.3 is 12.1 Å². The van der Waals surface area contributed by atoms with E-state index in [4.69, 9.17) is 9.47 Å². The van der Waals surface area contributed by atoms with E-state index in [9.17, 15) is 19.2 Å². The first kappa shape index (κ1) is 28.5. The first-order valence-corrected chi connectivity index (χ1v) is 13.5. The number of nitrogens with one attached hydrogen (secondary N) is 3. The fourth-order valence-corrected chi connectivity index (χ4v) is 5.29. The Morgan fingerprint density at radius 1 is 0.973 bits per heavy atom. The van der Waals surface area contributed by atoms with Crippen molar-refractivity contribution in [3.63, 3.8) is 0 Å². The third-order valence-electron chi connectivity index (χ3n) is 7.36. The average Bonchev–Trinajstić information content (AvgIpc) is 3.30. The number of hydrogen-bond donors (Lipinski definition) is 3. The second-order valence-electron chi connectivity index (χ2n) is 10.5. The summed E-state index contributed by atoms with van der Waals surface area (Å²) >= 11 is 0. The van der Waals surface area contributed by atoms with Crippen molar-refractivity contribution in [3.8, 4) is 0 Å². The van der Waals surface area contributed by atoms with E-state index in [-0.39, 0.29) is 30.1 Å². The highest BCUT2D eigenvalue weighted by atomic mass is 16.6. The number of methoxy groups -OCH3 is 1. The lowest BCUT2D eigenvalue weighted by Gasteiger charge is -2.29. The fourth-order valence-electron chi connectivity index (χ4n) is 5.29. The molecule has 0 radical (unpaired) electrons. The zero-order chi connectivity index (χ0) is 26.8. The van der Waals surface area contributed by atoms with Crippen LogP contribution in [0.25, 0.3) is 0 Å². The van der Waals surface area contributed by atoms with Gasteiger partial charge in [-0.2, -0.15) is 0 Å². The van der Waals surface area contributed by atoms with Crippen molar-refractivity contribution in [3.05, 3.63) is 35.9 Å². The van der Waals surface area contributed by atoms with Gasteiger partial charge in [-0.3, -0.25) is 9.59 Å². The molecule has 0 aromatic heterocycles. The van der Waals surface area contributed by atoms with Crippen molar-refractivity contribution < 1.29 is 28.7 Å². The molecule has 0 spiro atoms. The van der Waals surface area contributed by atoms with Gasteiger partial charge in [-0.05, 0) is 36.7 Å². The van der Waals surface area contributed by atoms with Crippen LogP contribution in [-0.4, -0.2) is 49.6 Å². The third-order valence-corrected chi connectivity index (χ3v) is 7.36. The van der Waals surface area contributed by atoms with Crippen LogP contribution in [0, 0.1) is 17.8 Å². The number of carbonyl (C=O) groups is 4. The van der Waals surface area contributed by atoms with Gasteiger partial charge < -0.3 is 25.4 Å². The van der Waals surface area contributed by atoms with Crippen LogP contribution in [0.1, 0.15) is 76.9 Å². The van der Waals surface area contributed by atoms with E-state index in [2.05, 4.69) is 16.0 Å². The molecular weight excluding hydrogens is 474 g/mol. The Labute approximate surface area is 219 Å². The molecule has 2 unspecified atom stereocenters. The topological polar surface area (TPSA) is 123 Å². The molecule has 1 heterocycles. The maximum Gasteiger partial charge on any atom is 0.408 e. The Morgan fingerprint density at radius 3 is 2.27 bits per heavy atom. The molecule has 0 bridgehead atoms. The molecule has 2 fully saturated rings. The number of benzene rings is 1. The summed E-state index contributed by atoms with van der Waals surface area (Å²) in [4.78, 5) is 51.0. The van der Waals surface area contributed by atoms with Crippen molar-refractivity contribution in [2.24, 2.45) is 17.8 Å². The lowest BCUT2D eigenvalue weighted by atomic mass is 9.84. The van der Waals surface area contributed by atoms with E-state index < -0.39 is 36.2 Å². The van der Waals surface area contributed by atoms with E-state index in [1.54, 1.807) is 0 Å². The number of ether oxygens (including phenoxy) is 2. The van der Waals surface area contributed by atoms with Crippen LogP contribution in [0.5, 0.6) is 0 Å². The minimum absolute atomic E-state index is 0.0278. The summed E-state index contributed by atoms with van der Waals surface area (Å²) < 4.78 is 10.7. The average molecular weight is 516 g/mol. The second kappa shape index (κ2) is 14.0. The predicted molar refractivity (Wildman–Crippen MR) is 138 cm³/mol. The quantitative estimate of drug-likeness (QED) is 0.387. The van der Waals surface area contributed by atoms with Gasteiger partial charge in [0.2, 0.25) is 11.8 Å². The molecule has 1 aromatic rings. The SMILES string of the molecule is COC(=O)[C@H](CC1CCNC1=O)NC(=O)[C@H](CC1CCCCC1)NC(=O)OC(c1ccccc1)C(C)C. The summed E-state index contributed by atoms with van der Waals surface area (Å²) in [5, 5.41) is 8.29. The molecule has 1 aliphatic carbocycles. The maximum absolute atomic E-state index is 13.4. The molecule has 4 atom stereocenters. The number of hydrogen-bond acceptors (Lipinski definition) is 6. The summed E-state index contributed by atoms with van der Waals surface area (Å²) in [6.07, 6.45) is 5.38. The Bertz CT molecular complexity index is 916. The first-order chi connectivity index (χ1) is 17.8. The lowest BCUT2D eigenvalue weighted by Crippen LogP contribution is -2.53. The number of amides is 3. The predicted octanol–water partition coefficient (Wildman–Crippen LogP) is 3.63. The van der Waals surface area contributed by atoms with Crippen molar-refractivity contribution >= 4 is 23.9 Å². The molecule has 3 N–H and O–H groups in total. The zero-order valence-electron chi connectivity index (χ0n) is 22.2. The van der Waals surface area contributed by atoms with Crippen LogP contribution in [-0.2, 0) is 23.9 Å². The van der Waals surface area contributed by atoms with Crippen molar-refractivity contribution in [2.75, 3.05) is 13.7 Å². The van der Waals surface area contributed by atoms with Gasteiger partial charge in [0.1, 0.15) is 18.2 Å². The smallest absolute Gasteiger partial charge is 0.408 e. The minimum Gasteiger partial charge on any atom is -0.467 e. The molecule has 1 saturated heterocycles. The normalized spacial score (nSPS) is 20.4. The Kier molecular flexibility index (Phi) is 10.8. The largest absolute Gasteiger partial charge is 0.467 e. The van der Waals surface area contributed by atoms with E-state index in [0.717, 1.165) is 31.2 Å². The Morgan fingerprint density at radius 2 is 1.68 bits per heavy atom. The molecule has 1 aliphatic heterocycles. The third kappa shape index (κ3) is 8.47. The van der Waals surface area contributed by atoms with Gasteiger partial charge in [0.15, 0.2) is 0 Å². The maximum atomic E-state index is 13.4. The van der Waals surface area contributed by atoms with Crippen LogP contribution >= 0.6 is 0 Å². The summed E-state index contributed by atoms with van der Waals surface area (Å²) in [5.41, 5.74) is 0.876. The highest BCUT2D eigenvalue weighted by molar-refractivity contribution is 5.90. The lowest BCUT2D eigenvalue weighted by molar-refractivity contribution is -0.146. The van der Waals surface area contributed by atoms with Crippen LogP contribution < -0.4 is 16.0 Å². The van der Waals surface area contributed by atoms with Gasteiger partial charge in [0, 0.05) is 12.5 Å². The fraction of sp³-hybridized carbons (Fsp3) is 0.643. The van der Waals surface area contributed by atoms with E-state index in [1.807, 2.05) is 44.2 Å². The van der Waals surface area contributed by atoms with Gasteiger partial charge in [-0.1, -0.05) is 76.3 Å². The molecule has 1 aromatic carbocycles. The van der Waals surface area contributed by atoms with E-state index >= 15 is 0 Å². The molecule has 9 heteroatoms. The zero-order valence-corrected chi connectivity index (χ0v) is 22.2. The highest BCUT2D eigenvalue weighted by Gasteiger charge is 2.35. The molecule has 3 rings (SSSR count). The standard InChI is InChI=1S/C28H41N3O6/c1-18(2)24(20-12-8-5-9-13-20)37-28(35)31-22(16-19-10-6-4-7-11-19)26(33)30-23(27(34)36-3)17-21-14-15-29-25(21)32/h5,8-9,12-13,18-19,21-24H,4,6-7,10-11,14-17H2,1-3H3,(H,29,32)(H,30,33)(H,31,35)/t21?,22-,23-,24?/m0/s1. The number of alkyl carbamates (subject to hydrolysis) is 1. The van der Waals surface area contributed by atoms with E-state index in [1.165, 1.54) is 13.5 Å². The van der Waals surface area contributed by atoms with Crippen LogP contribution in [0.2, 0.25) is 0 Å². The number of carbonyl (C=O) groups excluding carboxylic acids is 4. The molecule has 37 heavy (non-hydrogen) atoms. The summed E-state index contributed by atoms with van der Waals surface area (Å²) in [7, 11) is 1.25. The van der Waals surface area contributed by atoms with Gasteiger partial charge in [-0.15, -0.1) is 0 Å². The Hall–Kier alpha value is -3.10. The van der Waals surface area contributed by atoms with Crippen LogP contribution in [0.3, 0.4) is 0 Å². The van der Waals surface area contributed by atoms with Gasteiger partial charge in [0.25, 0.3) is 0 Å². The molecule has 3 amide bonds. The van der Waals surface area contributed by atoms with Gasteiger partial charge in [-0.25, -0.2) is 9.59 Å². The second-order valence-corrected chi connectivity index (χ2v) is 10.5. The van der Waals surface area contributed by atoms with Crippen LogP contribution in [0.4, 0.5) is 4.79 Å². The summed E-state index contributed by atoms with van der Waals surface area (Å²) in [5.74, 6) is -1.29. The minimum atomic E-state index is -0.981.